The summed E-state index contributed by atoms with van der Waals surface area (Å²) in [5.74, 6) is 1.76. The van der Waals surface area contributed by atoms with Crippen LogP contribution < -0.4 is 0 Å². The molecule has 12 aromatic rings. The van der Waals surface area contributed by atoms with Crippen molar-refractivity contribution in [2.45, 2.75) is 0 Å². The molecule has 12 rings (SSSR count). The van der Waals surface area contributed by atoms with Crippen molar-refractivity contribution in [1.29, 1.82) is 0 Å². The fraction of sp³-hybridized carbons (Fsp3) is 0. The monoisotopic (exact) mass is 741 g/mol. The summed E-state index contributed by atoms with van der Waals surface area (Å²) in [6, 6.07) is 65.1. The number of fused-ring (bicyclic) bond motifs is 9. The van der Waals surface area contributed by atoms with Gasteiger partial charge < -0.3 is 8.83 Å². The highest BCUT2D eigenvalue weighted by Crippen LogP contribution is 2.41. The van der Waals surface area contributed by atoms with Crippen molar-refractivity contribution < 1.29 is 8.83 Å². The average Bonchev–Trinajstić information content (AvgIpc) is 3.87. The van der Waals surface area contributed by atoms with E-state index >= 15 is 0 Å². The van der Waals surface area contributed by atoms with E-state index in [1.54, 1.807) is 0 Å². The molecule has 0 bridgehead atoms. The minimum Gasteiger partial charge on any atom is -0.456 e. The molecule has 0 spiro atoms. The van der Waals surface area contributed by atoms with E-state index in [-0.39, 0.29) is 0 Å². The zero-order valence-corrected chi connectivity index (χ0v) is 31.1. The molecule has 0 atom stereocenters. The van der Waals surface area contributed by atoms with Gasteiger partial charge in [0, 0.05) is 38.2 Å². The Bertz CT molecular complexity index is 3560. The van der Waals surface area contributed by atoms with Gasteiger partial charge in [-0.2, -0.15) is 0 Å². The Morgan fingerprint density at radius 3 is 1.45 bits per heavy atom. The standard InChI is InChI=1S/C53H31N3O2/c1-2-13-37-32(11-1)12-9-18-38(37)33-23-27-35(28-24-33)51-54-52(36-29-25-34(26-30-36)39-19-10-22-47-49(39)42-16-5-7-20-45(42)57-47)56-53(55-51)44-31-48-50(41-15-4-3-14-40(41)44)43-17-6-8-21-46(43)58-48/h1-31H. The molecule has 58 heavy (non-hydrogen) atoms. The molecule has 3 aromatic heterocycles. The van der Waals surface area contributed by atoms with Crippen molar-refractivity contribution in [1.82, 2.24) is 15.0 Å². The number of para-hydroxylation sites is 2. The van der Waals surface area contributed by atoms with Gasteiger partial charge in [-0.05, 0) is 68.1 Å². The van der Waals surface area contributed by atoms with Gasteiger partial charge in [0.15, 0.2) is 17.5 Å². The fourth-order valence-electron chi connectivity index (χ4n) is 8.62. The first-order chi connectivity index (χ1) is 28.7. The Kier molecular flexibility index (Phi) is 7.16. The topological polar surface area (TPSA) is 65.0 Å². The van der Waals surface area contributed by atoms with Crippen molar-refractivity contribution in [2.24, 2.45) is 0 Å². The van der Waals surface area contributed by atoms with Crippen molar-refractivity contribution in [3.8, 4) is 56.4 Å². The number of furan rings is 2. The summed E-state index contributed by atoms with van der Waals surface area (Å²) in [6.45, 7) is 0. The van der Waals surface area contributed by atoms with Crippen LogP contribution in [0.2, 0.25) is 0 Å². The first kappa shape index (κ1) is 32.4. The van der Waals surface area contributed by atoms with Gasteiger partial charge in [0.1, 0.15) is 22.3 Å². The fourth-order valence-corrected chi connectivity index (χ4v) is 8.62. The Morgan fingerprint density at radius 2 is 0.741 bits per heavy atom. The van der Waals surface area contributed by atoms with E-state index in [4.69, 9.17) is 23.8 Å². The maximum Gasteiger partial charge on any atom is 0.164 e. The number of aromatic nitrogens is 3. The second-order valence-electron chi connectivity index (χ2n) is 14.7. The molecule has 270 valence electrons. The molecule has 0 fully saturated rings. The molecule has 0 N–H and O–H groups in total. The summed E-state index contributed by atoms with van der Waals surface area (Å²) >= 11 is 0. The molecule has 3 heterocycles. The van der Waals surface area contributed by atoms with Crippen molar-refractivity contribution >= 4 is 65.4 Å². The predicted molar refractivity (Wildman–Crippen MR) is 237 cm³/mol. The first-order valence-electron chi connectivity index (χ1n) is 19.4. The summed E-state index contributed by atoms with van der Waals surface area (Å²) in [4.78, 5) is 15.6. The molecule has 0 saturated carbocycles. The number of hydrogen-bond donors (Lipinski definition) is 0. The molecule has 0 aliphatic heterocycles. The quantitative estimate of drug-likeness (QED) is 0.176. The highest BCUT2D eigenvalue weighted by atomic mass is 16.3. The van der Waals surface area contributed by atoms with Crippen LogP contribution in [-0.2, 0) is 0 Å². The molecule has 5 nitrogen and oxygen atoms in total. The van der Waals surface area contributed by atoms with Crippen LogP contribution in [0.4, 0.5) is 0 Å². The van der Waals surface area contributed by atoms with Crippen LogP contribution in [0.15, 0.2) is 197 Å². The lowest BCUT2D eigenvalue weighted by atomic mass is 9.97. The van der Waals surface area contributed by atoms with Gasteiger partial charge in [0.05, 0.1) is 0 Å². The molecule has 0 saturated heterocycles. The van der Waals surface area contributed by atoms with E-state index < -0.39 is 0 Å². The summed E-state index contributed by atoms with van der Waals surface area (Å²) in [5, 5.41) is 8.95. The smallest absolute Gasteiger partial charge is 0.164 e. The van der Waals surface area contributed by atoms with Gasteiger partial charge in [0.25, 0.3) is 0 Å². The molecule has 0 unspecified atom stereocenters. The summed E-state index contributed by atoms with van der Waals surface area (Å²) in [7, 11) is 0. The number of nitrogens with zero attached hydrogens (tertiary/aromatic N) is 3. The molecule has 9 aromatic carbocycles. The molecule has 0 aliphatic rings. The third-order valence-electron chi connectivity index (χ3n) is 11.4. The van der Waals surface area contributed by atoms with Crippen molar-refractivity contribution in [3.05, 3.63) is 188 Å². The minimum absolute atomic E-state index is 0.579. The Hall–Kier alpha value is -7.89. The Labute approximate surface area is 332 Å². The summed E-state index contributed by atoms with van der Waals surface area (Å²) < 4.78 is 12.7. The van der Waals surface area contributed by atoms with Crippen molar-refractivity contribution in [3.63, 3.8) is 0 Å². The third kappa shape index (κ3) is 5.14. The summed E-state index contributed by atoms with van der Waals surface area (Å²) in [6.07, 6.45) is 0. The Morgan fingerprint density at radius 1 is 0.276 bits per heavy atom. The first-order valence-corrected chi connectivity index (χ1v) is 19.4. The van der Waals surface area contributed by atoms with Crippen LogP contribution in [-0.4, -0.2) is 15.0 Å². The van der Waals surface area contributed by atoms with E-state index in [1.165, 1.54) is 16.3 Å². The van der Waals surface area contributed by atoms with Crippen LogP contribution in [0, 0.1) is 0 Å². The van der Waals surface area contributed by atoms with Gasteiger partial charge in [-0.15, -0.1) is 0 Å². The normalized spacial score (nSPS) is 11.8. The van der Waals surface area contributed by atoms with Gasteiger partial charge >= 0.3 is 0 Å². The van der Waals surface area contributed by atoms with Crippen molar-refractivity contribution in [2.75, 3.05) is 0 Å². The van der Waals surface area contributed by atoms with E-state index in [9.17, 15) is 0 Å². The van der Waals surface area contributed by atoms with Gasteiger partial charge in [0.2, 0.25) is 0 Å². The lowest BCUT2D eigenvalue weighted by Crippen LogP contribution is -2.01. The van der Waals surface area contributed by atoms with Gasteiger partial charge in [-0.1, -0.05) is 164 Å². The average molecular weight is 742 g/mol. The third-order valence-corrected chi connectivity index (χ3v) is 11.4. The number of rotatable bonds is 5. The molecule has 0 radical (unpaired) electrons. The number of benzene rings is 9. The molecular formula is C53H31N3O2. The minimum atomic E-state index is 0.579. The maximum atomic E-state index is 6.47. The molecular weight excluding hydrogens is 711 g/mol. The van der Waals surface area contributed by atoms with Gasteiger partial charge in [-0.3, -0.25) is 0 Å². The summed E-state index contributed by atoms with van der Waals surface area (Å²) in [5.41, 5.74) is 10.6. The van der Waals surface area contributed by atoms with E-state index in [0.717, 1.165) is 88.0 Å². The van der Waals surface area contributed by atoms with Crippen LogP contribution in [0.3, 0.4) is 0 Å². The second-order valence-corrected chi connectivity index (χ2v) is 14.7. The highest BCUT2D eigenvalue weighted by molar-refractivity contribution is 6.22. The van der Waals surface area contributed by atoms with Crippen LogP contribution in [0.1, 0.15) is 0 Å². The van der Waals surface area contributed by atoms with E-state index in [0.29, 0.717) is 17.5 Å². The number of hydrogen-bond acceptors (Lipinski definition) is 5. The maximum absolute atomic E-state index is 6.47. The molecule has 5 heteroatoms. The predicted octanol–water partition coefficient (Wildman–Crippen LogP) is 14.3. The highest BCUT2D eigenvalue weighted by Gasteiger charge is 2.20. The lowest BCUT2D eigenvalue weighted by Gasteiger charge is -2.12. The molecule has 0 amide bonds. The SMILES string of the molecule is c1ccc2c(-c3ccc(-c4nc(-c5ccc(-c6cccc7oc8ccccc8c67)cc5)nc(-c5cc6oc7ccccc7c6c6ccccc56)n4)cc3)cccc2c1. The molecule has 0 aliphatic carbocycles. The Balaban J connectivity index is 1.03. The zero-order chi connectivity index (χ0) is 38.2. The lowest BCUT2D eigenvalue weighted by molar-refractivity contribution is 0.668. The van der Waals surface area contributed by atoms with Crippen LogP contribution in [0.5, 0.6) is 0 Å². The van der Waals surface area contributed by atoms with Gasteiger partial charge in [-0.25, -0.2) is 15.0 Å². The van der Waals surface area contributed by atoms with E-state index in [1.807, 2.05) is 36.4 Å². The second kappa shape index (κ2) is 12.8. The largest absolute Gasteiger partial charge is 0.456 e. The zero-order valence-electron chi connectivity index (χ0n) is 31.1. The van der Waals surface area contributed by atoms with Crippen LogP contribution >= 0.6 is 0 Å². The van der Waals surface area contributed by atoms with Crippen LogP contribution in [0.25, 0.3) is 122 Å². The van der Waals surface area contributed by atoms with E-state index in [2.05, 4.69) is 152 Å².